The van der Waals surface area contributed by atoms with Crippen molar-refractivity contribution in [3.63, 3.8) is 0 Å². The van der Waals surface area contributed by atoms with Crippen molar-refractivity contribution in [3.8, 4) is 5.75 Å². The minimum Gasteiger partial charge on any atom is -0.504 e. The molecule has 0 aliphatic heterocycles. The maximum absolute atomic E-state index is 11.9. The van der Waals surface area contributed by atoms with Crippen molar-refractivity contribution in [1.29, 1.82) is 0 Å². The van der Waals surface area contributed by atoms with Crippen LogP contribution in [0.4, 0.5) is 0 Å². The Balaban J connectivity index is 2.86. The van der Waals surface area contributed by atoms with Crippen molar-refractivity contribution in [1.82, 2.24) is 0 Å². The molecule has 0 atom stereocenters. The Bertz CT molecular complexity index is 712. The van der Waals surface area contributed by atoms with E-state index in [9.17, 15) is 14.7 Å². The Morgan fingerprint density at radius 2 is 2.11 bits per heavy atom. The van der Waals surface area contributed by atoms with Crippen molar-refractivity contribution in [2.75, 3.05) is 6.61 Å². The fourth-order valence-corrected chi connectivity index (χ4v) is 2.20. The number of fused-ring (bicyclic) bond motifs is 1. The Morgan fingerprint density at radius 3 is 2.74 bits per heavy atom. The molecule has 0 saturated heterocycles. The van der Waals surface area contributed by atoms with E-state index in [0.717, 1.165) is 6.26 Å². The highest BCUT2D eigenvalue weighted by atomic mass is 16.5. The van der Waals surface area contributed by atoms with Gasteiger partial charge in [0.25, 0.3) is 0 Å². The Labute approximate surface area is 109 Å². The molecule has 1 aromatic carbocycles. The molecule has 2 rings (SSSR count). The quantitative estimate of drug-likeness (QED) is 0.840. The number of ether oxygens (including phenoxy) is 1. The van der Waals surface area contributed by atoms with Gasteiger partial charge in [0.15, 0.2) is 5.75 Å². The standard InChI is InChI=1S/C14H14O5/c1-4-18-13(16)11-7(2)5-9-10(15)6-19-14(17)12(9)8(11)3/h5-6,15H,4H2,1-3H3. The number of aromatic hydroxyl groups is 1. The monoisotopic (exact) mass is 262 g/mol. The smallest absolute Gasteiger partial charge is 0.344 e. The number of carbonyl (C=O) groups excluding carboxylic acids is 1. The summed E-state index contributed by atoms with van der Waals surface area (Å²) in [4.78, 5) is 23.7. The van der Waals surface area contributed by atoms with Crippen molar-refractivity contribution < 1.29 is 19.1 Å². The summed E-state index contributed by atoms with van der Waals surface area (Å²) in [5, 5.41) is 10.3. The number of aryl methyl sites for hydroxylation is 2. The van der Waals surface area contributed by atoms with E-state index in [4.69, 9.17) is 9.15 Å². The van der Waals surface area contributed by atoms with Crippen LogP contribution in [0.3, 0.4) is 0 Å². The molecule has 100 valence electrons. The van der Waals surface area contributed by atoms with Crippen LogP contribution in [0.25, 0.3) is 10.8 Å². The SMILES string of the molecule is CCOC(=O)c1c(C)cc2c(O)coc(=O)c2c1C. The van der Waals surface area contributed by atoms with E-state index in [-0.39, 0.29) is 17.7 Å². The molecule has 0 aliphatic carbocycles. The van der Waals surface area contributed by atoms with Crippen LogP contribution in [0.1, 0.15) is 28.4 Å². The predicted octanol–water partition coefficient (Wildman–Crippen LogP) is 2.29. The van der Waals surface area contributed by atoms with Gasteiger partial charge in [0.1, 0.15) is 6.26 Å². The van der Waals surface area contributed by atoms with Gasteiger partial charge in [-0.25, -0.2) is 9.59 Å². The molecule has 1 heterocycles. The lowest BCUT2D eigenvalue weighted by atomic mass is 9.96. The Kier molecular flexibility index (Phi) is 3.29. The van der Waals surface area contributed by atoms with Gasteiger partial charge in [0.05, 0.1) is 17.6 Å². The average Bonchev–Trinajstić information content (AvgIpc) is 2.34. The summed E-state index contributed by atoms with van der Waals surface area (Å²) in [6, 6.07) is 1.58. The van der Waals surface area contributed by atoms with Gasteiger partial charge in [-0.15, -0.1) is 0 Å². The van der Waals surface area contributed by atoms with E-state index < -0.39 is 11.6 Å². The summed E-state index contributed by atoms with van der Waals surface area (Å²) in [5.41, 5.74) is 0.852. The molecule has 0 saturated carbocycles. The maximum atomic E-state index is 11.9. The van der Waals surface area contributed by atoms with Gasteiger partial charge in [-0.3, -0.25) is 0 Å². The third-order valence-corrected chi connectivity index (χ3v) is 3.01. The maximum Gasteiger partial charge on any atom is 0.344 e. The highest BCUT2D eigenvalue weighted by Crippen LogP contribution is 2.29. The second-order valence-electron chi connectivity index (χ2n) is 4.24. The van der Waals surface area contributed by atoms with Gasteiger partial charge < -0.3 is 14.3 Å². The summed E-state index contributed by atoms with van der Waals surface area (Å²) < 4.78 is 9.70. The second kappa shape index (κ2) is 4.76. The minimum atomic E-state index is -0.587. The zero-order chi connectivity index (χ0) is 14.2. The van der Waals surface area contributed by atoms with Crippen molar-refractivity contribution >= 4 is 16.7 Å². The van der Waals surface area contributed by atoms with Crippen LogP contribution >= 0.6 is 0 Å². The van der Waals surface area contributed by atoms with E-state index in [1.165, 1.54) is 0 Å². The molecular weight excluding hydrogens is 248 g/mol. The molecule has 0 amide bonds. The lowest BCUT2D eigenvalue weighted by Crippen LogP contribution is -2.12. The first-order valence-corrected chi connectivity index (χ1v) is 5.89. The topological polar surface area (TPSA) is 76.7 Å². The van der Waals surface area contributed by atoms with E-state index in [2.05, 4.69) is 0 Å². The summed E-state index contributed by atoms with van der Waals surface area (Å²) in [6.07, 6.45) is 0.994. The van der Waals surface area contributed by atoms with E-state index in [0.29, 0.717) is 22.1 Å². The molecule has 19 heavy (non-hydrogen) atoms. The lowest BCUT2D eigenvalue weighted by Gasteiger charge is -2.11. The van der Waals surface area contributed by atoms with Crippen LogP contribution in [0.15, 0.2) is 21.5 Å². The van der Waals surface area contributed by atoms with Crippen molar-refractivity contribution in [3.05, 3.63) is 39.4 Å². The fraction of sp³-hybridized carbons (Fsp3) is 0.286. The van der Waals surface area contributed by atoms with Crippen LogP contribution in [0.2, 0.25) is 0 Å². The molecule has 0 radical (unpaired) electrons. The number of hydrogen-bond donors (Lipinski definition) is 1. The molecule has 0 fully saturated rings. The van der Waals surface area contributed by atoms with Crippen LogP contribution in [0.5, 0.6) is 5.75 Å². The predicted molar refractivity (Wildman–Crippen MR) is 69.6 cm³/mol. The number of carbonyl (C=O) groups is 1. The summed E-state index contributed by atoms with van der Waals surface area (Å²) in [6.45, 7) is 5.33. The van der Waals surface area contributed by atoms with Gasteiger partial charge in [0, 0.05) is 5.39 Å². The zero-order valence-electron chi connectivity index (χ0n) is 10.9. The second-order valence-corrected chi connectivity index (χ2v) is 4.24. The first-order valence-electron chi connectivity index (χ1n) is 5.89. The number of benzene rings is 1. The number of hydrogen-bond acceptors (Lipinski definition) is 5. The lowest BCUT2D eigenvalue weighted by molar-refractivity contribution is 0.0525. The van der Waals surface area contributed by atoms with E-state index in [1.807, 2.05) is 0 Å². The molecule has 2 aromatic rings. The molecular formula is C14H14O5. The largest absolute Gasteiger partial charge is 0.504 e. The average molecular weight is 262 g/mol. The first kappa shape index (κ1) is 13.1. The van der Waals surface area contributed by atoms with Crippen LogP contribution < -0.4 is 5.63 Å². The van der Waals surface area contributed by atoms with E-state index in [1.54, 1.807) is 26.8 Å². The van der Waals surface area contributed by atoms with Gasteiger partial charge in [0.2, 0.25) is 0 Å². The Hall–Kier alpha value is -2.30. The fourth-order valence-electron chi connectivity index (χ4n) is 2.20. The van der Waals surface area contributed by atoms with Gasteiger partial charge >= 0.3 is 11.6 Å². The molecule has 0 unspecified atom stereocenters. The highest BCUT2D eigenvalue weighted by Gasteiger charge is 2.19. The molecule has 1 aromatic heterocycles. The van der Waals surface area contributed by atoms with Crippen molar-refractivity contribution in [2.45, 2.75) is 20.8 Å². The molecule has 5 heteroatoms. The van der Waals surface area contributed by atoms with Crippen LogP contribution in [-0.4, -0.2) is 17.7 Å². The van der Waals surface area contributed by atoms with Crippen LogP contribution in [0, 0.1) is 13.8 Å². The number of esters is 1. The van der Waals surface area contributed by atoms with E-state index >= 15 is 0 Å². The van der Waals surface area contributed by atoms with Gasteiger partial charge in [-0.2, -0.15) is 0 Å². The third kappa shape index (κ3) is 2.07. The number of rotatable bonds is 2. The molecule has 0 bridgehead atoms. The van der Waals surface area contributed by atoms with Crippen LogP contribution in [-0.2, 0) is 4.74 Å². The zero-order valence-corrected chi connectivity index (χ0v) is 10.9. The van der Waals surface area contributed by atoms with Crippen molar-refractivity contribution in [2.24, 2.45) is 0 Å². The van der Waals surface area contributed by atoms with Gasteiger partial charge in [-0.05, 0) is 38.0 Å². The minimum absolute atomic E-state index is 0.129. The highest BCUT2D eigenvalue weighted by molar-refractivity contribution is 6.01. The Morgan fingerprint density at radius 1 is 1.42 bits per heavy atom. The summed E-state index contributed by atoms with van der Waals surface area (Å²) in [5.74, 6) is -0.613. The summed E-state index contributed by atoms with van der Waals surface area (Å²) >= 11 is 0. The normalized spacial score (nSPS) is 10.7. The summed E-state index contributed by atoms with van der Waals surface area (Å²) in [7, 11) is 0. The molecule has 5 nitrogen and oxygen atoms in total. The molecule has 0 aliphatic rings. The third-order valence-electron chi connectivity index (χ3n) is 3.01. The molecule has 1 N–H and O–H groups in total. The molecule has 0 spiro atoms. The first-order chi connectivity index (χ1) is 8.97. The van der Waals surface area contributed by atoms with Gasteiger partial charge in [-0.1, -0.05) is 0 Å².